The van der Waals surface area contributed by atoms with Crippen LogP contribution in [0.25, 0.3) is 0 Å². The third-order valence-corrected chi connectivity index (χ3v) is 3.49. The number of aliphatic carboxylic acids is 1. The van der Waals surface area contributed by atoms with Crippen molar-refractivity contribution in [3.8, 4) is 6.07 Å². The van der Waals surface area contributed by atoms with E-state index in [0.717, 1.165) is 11.8 Å². The van der Waals surface area contributed by atoms with Crippen LogP contribution in [0.15, 0.2) is 5.03 Å². The number of thioether (sulfide) groups is 1. The number of carboxylic acids is 1. The smallest absolute Gasteiger partial charge is 0.319 e. The molecular formula is C10H13N3O2S. The first kappa shape index (κ1) is 12.6. The molecule has 0 amide bonds. The maximum Gasteiger partial charge on any atom is 0.319 e. The Bertz CT molecular complexity index is 471. The standard InChI is InChI=1S/C10H13N3O2S/c1-6-7(5-11)8(13(4)12-6)16-10(2,3)9(14)15/h1-4H3,(H,14,15). The molecule has 0 saturated heterocycles. The van der Waals surface area contributed by atoms with Crippen LogP contribution in [0.4, 0.5) is 0 Å². The van der Waals surface area contributed by atoms with E-state index >= 15 is 0 Å². The third-order valence-electron chi connectivity index (χ3n) is 2.15. The Labute approximate surface area is 98.1 Å². The molecule has 6 heteroatoms. The molecule has 1 heterocycles. The highest BCUT2D eigenvalue weighted by Crippen LogP contribution is 2.35. The van der Waals surface area contributed by atoms with Crippen molar-refractivity contribution in [3.63, 3.8) is 0 Å². The fourth-order valence-electron chi connectivity index (χ4n) is 1.17. The van der Waals surface area contributed by atoms with Crippen molar-refractivity contribution in [1.82, 2.24) is 9.78 Å². The zero-order chi connectivity index (χ0) is 12.5. The molecule has 0 aliphatic carbocycles. The number of hydrogen-bond donors (Lipinski definition) is 1. The minimum Gasteiger partial charge on any atom is -0.480 e. The number of aryl methyl sites for hydroxylation is 2. The lowest BCUT2D eigenvalue weighted by Crippen LogP contribution is -2.27. The molecule has 0 saturated carbocycles. The van der Waals surface area contributed by atoms with Crippen LogP contribution in [-0.4, -0.2) is 25.6 Å². The summed E-state index contributed by atoms with van der Waals surface area (Å²) in [6.45, 7) is 4.93. The van der Waals surface area contributed by atoms with Gasteiger partial charge in [0.25, 0.3) is 0 Å². The minimum absolute atomic E-state index is 0.446. The Morgan fingerprint density at radius 2 is 2.19 bits per heavy atom. The number of carbonyl (C=O) groups is 1. The summed E-state index contributed by atoms with van der Waals surface area (Å²) in [4.78, 5) is 11.0. The SMILES string of the molecule is Cc1nn(C)c(SC(C)(C)C(=O)O)c1C#N. The maximum atomic E-state index is 11.0. The Kier molecular flexibility index (Phi) is 3.29. The molecule has 0 aliphatic heterocycles. The zero-order valence-corrected chi connectivity index (χ0v) is 10.4. The minimum atomic E-state index is -0.980. The third kappa shape index (κ3) is 2.19. The van der Waals surface area contributed by atoms with Gasteiger partial charge in [-0.3, -0.25) is 9.48 Å². The van der Waals surface area contributed by atoms with Gasteiger partial charge in [-0.15, -0.1) is 0 Å². The fraction of sp³-hybridized carbons (Fsp3) is 0.500. The van der Waals surface area contributed by atoms with Crippen molar-refractivity contribution in [1.29, 1.82) is 5.26 Å². The van der Waals surface area contributed by atoms with Crippen LogP contribution in [0.1, 0.15) is 25.1 Å². The van der Waals surface area contributed by atoms with Crippen molar-refractivity contribution < 1.29 is 9.90 Å². The summed E-state index contributed by atoms with van der Waals surface area (Å²) in [7, 11) is 1.70. The van der Waals surface area contributed by atoms with Gasteiger partial charge in [-0.1, -0.05) is 11.8 Å². The monoisotopic (exact) mass is 239 g/mol. The summed E-state index contributed by atoms with van der Waals surface area (Å²) in [5.41, 5.74) is 1.07. The second-order valence-electron chi connectivity index (χ2n) is 3.92. The normalized spacial score (nSPS) is 11.2. The van der Waals surface area contributed by atoms with Gasteiger partial charge >= 0.3 is 5.97 Å². The van der Waals surface area contributed by atoms with Crippen LogP contribution in [-0.2, 0) is 11.8 Å². The molecule has 0 atom stereocenters. The first-order valence-corrected chi connectivity index (χ1v) is 5.47. The van der Waals surface area contributed by atoms with E-state index in [9.17, 15) is 4.79 Å². The van der Waals surface area contributed by atoms with E-state index in [1.54, 1.807) is 32.5 Å². The molecule has 16 heavy (non-hydrogen) atoms. The predicted molar refractivity (Wildman–Crippen MR) is 60.2 cm³/mol. The number of nitrogens with zero attached hydrogens (tertiary/aromatic N) is 3. The molecule has 0 radical (unpaired) electrons. The van der Waals surface area contributed by atoms with Gasteiger partial charge in [-0.05, 0) is 20.8 Å². The van der Waals surface area contributed by atoms with Gasteiger partial charge in [0, 0.05) is 7.05 Å². The zero-order valence-electron chi connectivity index (χ0n) is 9.61. The van der Waals surface area contributed by atoms with E-state index < -0.39 is 10.7 Å². The van der Waals surface area contributed by atoms with Gasteiger partial charge in [-0.25, -0.2) is 0 Å². The number of rotatable bonds is 3. The summed E-state index contributed by atoms with van der Waals surface area (Å²) in [6.07, 6.45) is 0. The Morgan fingerprint density at radius 1 is 1.62 bits per heavy atom. The molecule has 0 unspecified atom stereocenters. The van der Waals surface area contributed by atoms with E-state index in [0.29, 0.717) is 16.3 Å². The molecule has 0 bridgehead atoms. The summed E-state index contributed by atoms with van der Waals surface area (Å²) in [6, 6.07) is 2.05. The van der Waals surface area contributed by atoms with Crippen LogP contribution in [0.2, 0.25) is 0 Å². The van der Waals surface area contributed by atoms with Crippen LogP contribution in [0, 0.1) is 18.3 Å². The van der Waals surface area contributed by atoms with Gasteiger partial charge in [0.05, 0.1) is 5.69 Å². The van der Waals surface area contributed by atoms with E-state index in [1.807, 2.05) is 6.07 Å². The van der Waals surface area contributed by atoms with Crippen molar-refractivity contribution in [2.75, 3.05) is 0 Å². The quantitative estimate of drug-likeness (QED) is 0.810. The Morgan fingerprint density at radius 3 is 2.62 bits per heavy atom. The number of aromatic nitrogens is 2. The summed E-state index contributed by atoms with van der Waals surface area (Å²) >= 11 is 1.13. The molecule has 5 nitrogen and oxygen atoms in total. The lowest BCUT2D eigenvalue weighted by atomic mass is 10.2. The second-order valence-corrected chi connectivity index (χ2v) is 5.53. The lowest BCUT2D eigenvalue weighted by molar-refractivity contribution is -0.138. The summed E-state index contributed by atoms with van der Waals surface area (Å²) in [5.74, 6) is -0.916. The van der Waals surface area contributed by atoms with E-state index in [4.69, 9.17) is 10.4 Å². The van der Waals surface area contributed by atoms with Crippen LogP contribution in [0.3, 0.4) is 0 Å². The number of nitriles is 1. The molecule has 86 valence electrons. The molecule has 1 rings (SSSR count). The fourth-order valence-corrected chi connectivity index (χ4v) is 2.21. The molecule has 0 spiro atoms. The van der Waals surface area contributed by atoms with E-state index in [-0.39, 0.29) is 0 Å². The highest BCUT2D eigenvalue weighted by molar-refractivity contribution is 8.01. The van der Waals surface area contributed by atoms with Crippen LogP contribution < -0.4 is 0 Å². The van der Waals surface area contributed by atoms with Crippen molar-refractivity contribution in [3.05, 3.63) is 11.3 Å². The topological polar surface area (TPSA) is 78.9 Å². The molecule has 0 fully saturated rings. The molecule has 0 aromatic carbocycles. The molecular weight excluding hydrogens is 226 g/mol. The number of hydrogen-bond acceptors (Lipinski definition) is 4. The highest BCUT2D eigenvalue weighted by Gasteiger charge is 2.31. The summed E-state index contributed by atoms with van der Waals surface area (Å²) < 4.78 is 0.565. The van der Waals surface area contributed by atoms with Gasteiger partial charge in [0.1, 0.15) is 21.4 Å². The molecule has 1 aromatic heterocycles. The average Bonchev–Trinajstić information content (AvgIpc) is 2.40. The van der Waals surface area contributed by atoms with Crippen LogP contribution in [0.5, 0.6) is 0 Å². The maximum absolute atomic E-state index is 11.0. The number of carboxylic acid groups (broad SMARTS) is 1. The van der Waals surface area contributed by atoms with Crippen LogP contribution >= 0.6 is 11.8 Å². The Balaban J connectivity index is 3.17. The molecule has 0 aliphatic rings. The molecule has 1 N–H and O–H groups in total. The first-order chi connectivity index (χ1) is 7.29. The van der Waals surface area contributed by atoms with Crippen molar-refractivity contribution in [2.24, 2.45) is 7.05 Å². The van der Waals surface area contributed by atoms with Gasteiger partial charge in [0.15, 0.2) is 0 Å². The summed E-state index contributed by atoms with van der Waals surface area (Å²) in [5, 5.41) is 22.7. The van der Waals surface area contributed by atoms with Crippen molar-refractivity contribution in [2.45, 2.75) is 30.5 Å². The first-order valence-electron chi connectivity index (χ1n) is 4.65. The van der Waals surface area contributed by atoms with Gasteiger partial charge in [-0.2, -0.15) is 10.4 Å². The van der Waals surface area contributed by atoms with E-state index in [2.05, 4.69) is 5.10 Å². The average molecular weight is 239 g/mol. The largest absolute Gasteiger partial charge is 0.480 e. The highest BCUT2D eigenvalue weighted by atomic mass is 32.2. The van der Waals surface area contributed by atoms with E-state index in [1.165, 1.54) is 0 Å². The van der Waals surface area contributed by atoms with Gasteiger partial charge in [0.2, 0.25) is 0 Å². The van der Waals surface area contributed by atoms with Gasteiger partial charge < -0.3 is 5.11 Å². The van der Waals surface area contributed by atoms with Crippen molar-refractivity contribution >= 4 is 17.7 Å². The Hall–Kier alpha value is -1.48. The lowest BCUT2D eigenvalue weighted by Gasteiger charge is -2.18. The molecule has 1 aromatic rings. The predicted octanol–water partition coefficient (Wildman–Crippen LogP) is 1.56. The second kappa shape index (κ2) is 4.18.